The van der Waals surface area contributed by atoms with Gasteiger partial charge in [0.05, 0.1) is 5.56 Å². The van der Waals surface area contributed by atoms with Gasteiger partial charge in [-0.25, -0.2) is 0 Å². The molecule has 0 unspecified atom stereocenters. The molecule has 1 aromatic rings. The third kappa shape index (κ3) is 3.32. The Morgan fingerprint density at radius 1 is 1.40 bits per heavy atom. The van der Waals surface area contributed by atoms with Crippen molar-refractivity contribution >= 4 is 29.5 Å². The molecule has 0 saturated heterocycles. The van der Waals surface area contributed by atoms with E-state index in [1.54, 1.807) is 0 Å². The lowest BCUT2D eigenvalue weighted by atomic mass is 10.2. The molecule has 0 fully saturated rings. The van der Waals surface area contributed by atoms with E-state index in [0.29, 0.717) is 0 Å². The van der Waals surface area contributed by atoms with Crippen molar-refractivity contribution in [3.63, 3.8) is 0 Å². The average molecular weight is 257 g/mol. The van der Waals surface area contributed by atoms with E-state index in [4.69, 9.17) is 11.6 Å². The van der Waals surface area contributed by atoms with Crippen LogP contribution in [0.25, 0.3) is 0 Å². The molecule has 15 heavy (non-hydrogen) atoms. The van der Waals surface area contributed by atoms with Crippen LogP contribution in [0.3, 0.4) is 0 Å². The van der Waals surface area contributed by atoms with Gasteiger partial charge in [-0.05, 0) is 23.7 Å². The average Bonchev–Trinajstić information content (AvgIpc) is 2.05. The Morgan fingerprint density at radius 2 is 2.00 bits per heavy atom. The first-order valence-corrected chi connectivity index (χ1v) is 4.41. The predicted octanol–water partition coefficient (Wildman–Crippen LogP) is 3.25. The van der Waals surface area contributed by atoms with Gasteiger partial charge in [-0.1, -0.05) is 6.07 Å². The third-order valence-corrected chi connectivity index (χ3v) is 1.98. The topological polar surface area (TPSA) is 26.3 Å². The van der Waals surface area contributed by atoms with E-state index in [0.717, 1.165) is 6.07 Å². The highest BCUT2D eigenvalue weighted by Crippen LogP contribution is 2.33. The molecule has 0 radical (unpaired) electrons. The molecule has 0 aromatic heterocycles. The largest absolute Gasteiger partial charge is 0.573 e. The van der Waals surface area contributed by atoms with Crippen molar-refractivity contribution < 1.29 is 22.7 Å². The molecule has 2 nitrogen and oxygen atoms in total. The van der Waals surface area contributed by atoms with Crippen LogP contribution in [0.2, 0.25) is 0 Å². The number of carbonyl (C=O) groups excluding carboxylic acids is 1. The SMILES string of the molecule is O=C(Cl)c1cccc(S)c1OC(F)(F)F. The Hall–Kier alpha value is -0.880. The summed E-state index contributed by atoms with van der Waals surface area (Å²) in [6, 6.07) is 3.73. The number of ether oxygens (including phenoxy) is 1. The molecule has 0 aliphatic carbocycles. The van der Waals surface area contributed by atoms with Crippen molar-refractivity contribution in [1.29, 1.82) is 0 Å². The van der Waals surface area contributed by atoms with Crippen LogP contribution < -0.4 is 4.74 Å². The van der Waals surface area contributed by atoms with Gasteiger partial charge in [0.15, 0.2) is 5.75 Å². The van der Waals surface area contributed by atoms with Crippen molar-refractivity contribution in [1.82, 2.24) is 0 Å². The highest BCUT2D eigenvalue weighted by Gasteiger charge is 2.33. The van der Waals surface area contributed by atoms with Crippen LogP contribution in [-0.4, -0.2) is 11.6 Å². The van der Waals surface area contributed by atoms with Gasteiger partial charge in [0.1, 0.15) is 0 Å². The quantitative estimate of drug-likeness (QED) is 0.649. The lowest BCUT2D eigenvalue weighted by Crippen LogP contribution is -2.19. The van der Waals surface area contributed by atoms with Gasteiger partial charge in [-0.2, -0.15) is 0 Å². The van der Waals surface area contributed by atoms with Gasteiger partial charge < -0.3 is 4.74 Å². The number of hydrogen-bond acceptors (Lipinski definition) is 3. The fraction of sp³-hybridized carbons (Fsp3) is 0.125. The van der Waals surface area contributed by atoms with E-state index in [9.17, 15) is 18.0 Å². The second-order valence-corrected chi connectivity index (χ2v) is 3.30. The van der Waals surface area contributed by atoms with Crippen LogP contribution in [0.4, 0.5) is 13.2 Å². The normalized spacial score (nSPS) is 11.3. The number of halogens is 4. The Labute approximate surface area is 93.4 Å². The number of benzene rings is 1. The molecule has 0 atom stereocenters. The first-order chi connectivity index (χ1) is 6.81. The van der Waals surface area contributed by atoms with Gasteiger partial charge >= 0.3 is 6.36 Å². The summed E-state index contributed by atoms with van der Waals surface area (Å²) in [6.07, 6.45) is -4.89. The molecule has 0 amide bonds. The minimum Gasteiger partial charge on any atom is -0.404 e. The maximum Gasteiger partial charge on any atom is 0.573 e. The van der Waals surface area contributed by atoms with Crippen LogP contribution in [0, 0.1) is 0 Å². The Balaban J connectivity index is 3.19. The Kier molecular flexibility index (Phi) is 3.51. The van der Waals surface area contributed by atoms with Crippen LogP contribution in [0.15, 0.2) is 23.1 Å². The molecule has 0 aliphatic rings. The van der Waals surface area contributed by atoms with Crippen molar-refractivity contribution in [3.8, 4) is 5.75 Å². The molecule has 0 heterocycles. The number of rotatable bonds is 2. The summed E-state index contributed by atoms with van der Waals surface area (Å²) in [4.78, 5) is 10.7. The number of para-hydroxylation sites is 1. The molecule has 7 heteroatoms. The monoisotopic (exact) mass is 256 g/mol. The van der Waals surface area contributed by atoms with Crippen LogP contribution in [0.1, 0.15) is 10.4 Å². The molecule has 0 N–H and O–H groups in total. The molecule has 0 aliphatic heterocycles. The van der Waals surface area contributed by atoms with E-state index in [-0.39, 0.29) is 10.5 Å². The van der Waals surface area contributed by atoms with Crippen molar-refractivity contribution in [2.75, 3.05) is 0 Å². The Bertz CT molecular complexity index is 392. The molecular formula is C8H4ClF3O2S. The molecule has 0 saturated carbocycles. The fourth-order valence-corrected chi connectivity index (χ4v) is 1.30. The third-order valence-electron chi connectivity index (χ3n) is 1.42. The summed E-state index contributed by atoms with van der Waals surface area (Å²) >= 11 is 8.83. The smallest absolute Gasteiger partial charge is 0.404 e. The summed E-state index contributed by atoms with van der Waals surface area (Å²) in [5.74, 6) is -0.687. The lowest BCUT2D eigenvalue weighted by Gasteiger charge is -2.12. The van der Waals surface area contributed by atoms with Crippen molar-refractivity contribution in [2.45, 2.75) is 11.3 Å². The minimum atomic E-state index is -4.89. The van der Waals surface area contributed by atoms with Gasteiger partial charge in [0.2, 0.25) is 0 Å². The summed E-state index contributed by atoms with van der Waals surface area (Å²) in [6.45, 7) is 0. The molecule has 82 valence electrons. The summed E-state index contributed by atoms with van der Waals surface area (Å²) in [5.41, 5.74) is -0.374. The summed E-state index contributed by atoms with van der Waals surface area (Å²) in [7, 11) is 0. The van der Waals surface area contributed by atoms with Crippen LogP contribution in [0.5, 0.6) is 5.75 Å². The standard InChI is InChI=1S/C8H4ClF3O2S/c9-7(13)4-2-1-3-5(15)6(4)14-8(10,11)12/h1-3,15H. The van der Waals surface area contributed by atoms with Gasteiger partial charge in [0, 0.05) is 4.90 Å². The van der Waals surface area contributed by atoms with E-state index >= 15 is 0 Å². The molecule has 0 spiro atoms. The maximum absolute atomic E-state index is 12.0. The number of carbonyl (C=O) groups is 1. The number of hydrogen-bond donors (Lipinski definition) is 1. The zero-order valence-corrected chi connectivity index (χ0v) is 8.66. The second kappa shape index (κ2) is 4.32. The zero-order valence-electron chi connectivity index (χ0n) is 7.01. The molecule has 1 rings (SSSR count). The van der Waals surface area contributed by atoms with E-state index in [2.05, 4.69) is 17.4 Å². The maximum atomic E-state index is 12.0. The minimum absolute atomic E-state index is 0.112. The van der Waals surface area contributed by atoms with Gasteiger partial charge in [0.25, 0.3) is 5.24 Å². The van der Waals surface area contributed by atoms with Crippen LogP contribution >= 0.6 is 24.2 Å². The predicted molar refractivity (Wildman–Crippen MR) is 50.6 cm³/mol. The van der Waals surface area contributed by atoms with Crippen LogP contribution in [-0.2, 0) is 0 Å². The van der Waals surface area contributed by atoms with E-state index < -0.39 is 17.4 Å². The van der Waals surface area contributed by atoms with Gasteiger partial charge in [-0.15, -0.1) is 25.8 Å². The summed E-state index contributed by atoms with van der Waals surface area (Å²) < 4.78 is 39.5. The van der Waals surface area contributed by atoms with E-state index in [1.165, 1.54) is 12.1 Å². The zero-order chi connectivity index (χ0) is 11.6. The molecule has 0 bridgehead atoms. The van der Waals surface area contributed by atoms with Crippen molar-refractivity contribution in [3.05, 3.63) is 23.8 Å². The number of alkyl halides is 3. The molecular weight excluding hydrogens is 253 g/mol. The Morgan fingerprint density at radius 3 is 2.47 bits per heavy atom. The molecule has 1 aromatic carbocycles. The highest BCUT2D eigenvalue weighted by atomic mass is 35.5. The number of thiol groups is 1. The summed E-state index contributed by atoms with van der Waals surface area (Å²) in [5, 5.41) is -1.04. The first-order valence-electron chi connectivity index (χ1n) is 3.59. The highest BCUT2D eigenvalue weighted by molar-refractivity contribution is 7.80. The second-order valence-electron chi connectivity index (χ2n) is 2.48. The first kappa shape index (κ1) is 12.2. The lowest BCUT2D eigenvalue weighted by molar-refractivity contribution is -0.275. The van der Waals surface area contributed by atoms with Crippen molar-refractivity contribution in [2.24, 2.45) is 0 Å². The fourth-order valence-electron chi connectivity index (χ4n) is 0.903. The van der Waals surface area contributed by atoms with E-state index in [1.807, 2.05) is 0 Å². The van der Waals surface area contributed by atoms with Gasteiger partial charge in [-0.3, -0.25) is 4.79 Å².